The normalized spacial score (nSPS) is 11.9. The van der Waals surface area contributed by atoms with E-state index in [4.69, 9.17) is 10.5 Å². The van der Waals surface area contributed by atoms with Crippen molar-refractivity contribution in [2.45, 2.75) is 12.5 Å². The van der Waals surface area contributed by atoms with Crippen molar-refractivity contribution in [1.82, 2.24) is 0 Å². The topological polar surface area (TPSA) is 55.5 Å². The smallest absolute Gasteiger partial charge is 0.123 e. The maximum absolute atomic E-state index is 11.3. The van der Waals surface area contributed by atoms with Crippen molar-refractivity contribution in [1.29, 1.82) is 0 Å². The molecule has 0 fully saturated rings. The zero-order chi connectivity index (χ0) is 22.9. The minimum atomic E-state index is -2.11. The van der Waals surface area contributed by atoms with E-state index in [0.29, 0.717) is 12.7 Å². The Morgan fingerprint density at radius 3 is 1.59 bits per heavy atom. The van der Waals surface area contributed by atoms with Crippen LogP contribution < -0.4 is 43.4 Å². The lowest BCUT2D eigenvalue weighted by Crippen LogP contribution is -3.00. The Kier molecular flexibility index (Phi) is 9.86. The molecule has 176 valence electrons. The standard InChI is InChI=1S/C29H31NO2P.BrH/c30-21-20-24-12-10-11-19-29(24)32-22-25(31)23-33(26-13-4-1-5-14-26,27-15-6-2-7-16-27)28-17-8-3-9-18-28;/h1-19,25,31H,20-23,30H2;1H/q+1;/p-1. The van der Waals surface area contributed by atoms with Gasteiger partial charge in [0, 0.05) is 0 Å². The van der Waals surface area contributed by atoms with Crippen molar-refractivity contribution >= 4 is 23.2 Å². The number of rotatable bonds is 10. The molecule has 0 aliphatic heterocycles. The molecule has 0 aliphatic carbocycles. The van der Waals surface area contributed by atoms with E-state index < -0.39 is 13.4 Å². The molecule has 4 rings (SSSR count). The Morgan fingerprint density at radius 1 is 0.676 bits per heavy atom. The second-order valence-corrected chi connectivity index (χ2v) is 11.6. The quantitative estimate of drug-likeness (QED) is 0.297. The molecular formula is C29H31BrNO2P. The molecule has 4 aromatic carbocycles. The number of hydrogen-bond acceptors (Lipinski definition) is 3. The predicted octanol–water partition coefficient (Wildman–Crippen LogP) is 0.926. The van der Waals surface area contributed by atoms with E-state index in [9.17, 15) is 5.11 Å². The molecule has 1 unspecified atom stereocenters. The lowest BCUT2D eigenvalue weighted by molar-refractivity contribution is -0.00000849. The lowest BCUT2D eigenvalue weighted by atomic mass is 10.1. The second-order valence-electron chi connectivity index (χ2n) is 8.11. The Bertz CT molecular complexity index is 1030. The van der Waals surface area contributed by atoms with Gasteiger partial charge in [0.05, 0.1) is 0 Å². The van der Waals surface area contributed by atoms with Crippen LogP contribution in [0, 0.1) is 0 Å². The third kappa shape index (κ3) is 5.95. The van der Waals surface area contributed by atoms with E-state index in [1.807, 2.05) is 42.5 Å². The van der Waals surface area contributed by atoms with Gasteiger partial charge in [-0.25, -0.2) is 0 Å². The van der Waals surface area contributed by atoms with Crippen LogP contribution in [0.2, 0.25) is 0 Å². The lowest BCUT2D eigenvalue weighted by Gasteiger charge is -2.29. The van der Waals surface area contributed by atoms with E-state index in [1.165, 1.54) is 15.9 Å². The highest BCUT2D eigenvalue weighted by Crippen LogP contribution is 2.55. The van der Waals surface area contributed by atoms with Crippen molar-refractivity contribution in [3.63, 3.8) is 0 Å². The molecule has 0 spiro atoms. The molecule has 0 aliphatic rings. The van der Waals surface area contributed by atoms with E-state index >= 15 is 0 Å². The van der Waals surface area contributed by atoms with Gasteiger partial charge in [-0.2, -0.15) is 0 Å². The number of aliphatic hydroxyl groups excluding tert-OH is 1. The van der Waals surface area contributed by atoms with Crippen LogP contribution in [0.15, 0.2) is 115 Å². The van der Waals surface area contributed by atoms with Gasteiger partial charge >= 0.3 is 0 Å². The summed E-state index contributed by atoms with van der Waals surface area (Å²) in [4.78, 5) is 0. The maximum atomic E-state index is 11.3. The van der Waals surface area contributed by atoms with Crippen LogP contribution in [0.4, 0.5) is 0 Å². The average Bonchev–Trinajstić information content (AvgIpc) is 2.88. The fraction of sp³-hybridized carbons (Fsp3) is 0.172. The number of benzene rings is 4. The molecule has 0 aromatic heterocycles. The van der Waals surface area contributed by atoms with Crippen LogP contribution in [-0.4, -0.2) is 30.5 Å². The Balaban J connectivity index is 0.00000324. The average molecular weight is 536 g/mol. The molecule has 3 N–H and O–H groups in total. The predicted molar refractivity (Wildman–Crippen MR) is 141 cm³/mol. The third-order valence-corrected chi connectivity index (χ3v) is 10.4. The second kappa shape index (κ2) is 12.8. The molecule has 4 aromatic rings. The minimum Gasteiger partial charge on any atom is -1.00 e. The first-order chi connectivity index (χ1) is 16.2. The summed E-state index contributed by atoms with van der Waals surface area (Å²) >= 11 is 0. The molecule has 0 saturated carbocycles. The third-order valence-electron chi connectivity index (χ3n) is 5.89. The van der Waals surface area contributed by atoms with Crippen molar-refractivity contribution in [2.75, 3.05) is 19.3 Å². The van der Waals surface area contributed by atoms with Gasteiger partial charge < -0.3 is 32.6 Å². The number of nitrogens with two attached hydrogens (primary N) is 1. The van der Waals surface area contributed by atoms with Crippen LogP contribution in [0.3, 0.4) is 0 Å². The largest absolute Gasteiger partial charge is 1.00 e. The summed E-state index contributed by atoms with van der Waals surface area (Å²) in [7, 11) is -2.11. The number of para-hydroxylation sites is 1. The molecular weight excluding hydrogens is 505 g/mol. The Hall–Kier alpha value is -2.49. The van der Waals surface area contributed by atoms with E-state index in [-0.39, 0.29) is 23.6 Å². The SMILES string of the molecule is NCCc1ccccc1OCC(O)C[P+](c1ccccc1)(c1ccccc1)c1ccccc1.[Br-]. The van der Waals surface area contributed by atoms with Crippen molar-refractivity contribution in [3.05, 3.63) is 121 Å². The van der Waals surface area contributed by atoms with Crippen molar-refractivity contribution in [3.8, 4) is 5.75 Å². The van der Waals surface area contributed by atoms with Gasteiger partial charge in [-0.1, -0.05) is 72.8 Å². The summed E-state index contributed by atoms with van der Waals surface area (Å²) in [6.45, 7) is 0.795. The monoisotopic (exact) mass is 535 g/mol. The Labute approximate surface area is 213 Å². The van der Waals surface area contributed by atoms with Crippen LogP contribution in [0.1, 0.15) is 5.56 Å². The summed E-state index contributed by atoms with van der Waals surface area (Å²) in [5, 5.41) is 15.1. The number of hydrogen-bond donors (Lipinski definition) is 2. The molecule has 0 bridgehead atoms. The van der Waals surface area contributed by atoms with Gasteiger partial charge in [-0.15, -0.1) is 0 Å². The first-order valence-corrected chi connectivity index (χ1v) is 13.3. The molecule has 34 heavy (non-hydrogen) atoms. The summed E-state index contributed by atoms with van der Waals surface area (Å²) in [5.74, 6) is 0.796. The van der Waals surface area contributed by atoms with Crippen LogP contribution in [0.5, 0.6) is 5.75 Å². The zero-order valence-electron chi connectivity index (χ0n) is 19.1. The fourth-order valence-corrected chi connectivity index (χ4v) is 8.68. The van der Waals surface area contributed by atoms with Gasteiger partial charge in [-0.05, 0) is 61.0 Å². The van der Waals surface area contributed by atoms with Gasteiger partial charge in [0.15, 0.2) is 0 Å². The summed E-state index contributed by atoms with van der Waals surface area (Å²) < 4.78 is 6.12. The molecule has 5 heteroatoms. The van der Waals surface area contributed by atoms with Gasteiger partial charge in [0.25, 0.3) is 0 Å². The van der Waals surface area contributed by atoms with Crippen molar-refractivity contribution < 1.29 is 26.8 Å². The number of ether oxygens (including phenoxy) is 1. The molecule has 0 amide bonds. The Morgan fingerprint density at radius 2 is 1.12 bits per heavy atom. The molecule has 0 saturated heterocycles. The van der Waals surface area contributed by atoms with Crippen LogP contribution >= 0.6 is 7.26 Å². The number of halogens is 1. The summed E-state index contributed by atoms with van der Waals surface area (Å²) in [5.41, 5.74) is 6.83. The summed E-state index contributed by atoms with van der Waals surface area (Å²) in [6, 6.07) is 39.7. The molecule has 0 radical (unpaired) electrons. The van der Waals surface area contributed by atoms with Crippen LogP contribution in [0.25, 0.3) is 0 Å². The first-order valence-electron chi connectivity index (χ1n) is 11.4. The molecule has 0 heterocycles. The fourth-order valence-electron chi connectivity index (χ4n) is 4.37. The van der Waals surface area contributed by atoms with E-state index in [0.717, 1.165) is 17.7 Å². The van der Waals surface area contributed by atoms with Gasteiger partial charge in [0.1, 0.15) is 47.8 Å². The highest BCUT2D eigenvalue weighted by molar-refractivity contribution is 7.95. The molecule has 3 nitrogen and oxygen atoms in total. The van der Waals surface area contributed by atoms with E-state index in [1.54, 1.807) is 0 Å². The maximum Gasteiger partial charge on any atom is 0.123 e. The van der Waals surface area contributed by atoms with Crippen molar-refractivity contribution in [2.24, 2.45) is 5.73 Å². The summed E-state index contributed by atoms with van der Waals surface area (Å²) in [6.07, 6.45) is 0.718. The first kappa shape index (κ1) is 26.1. The van der Waals surface area contributed by atoms with E-state index in [2.05, 4.69) is 72.8 Å². The van der Waals surface area contributed by atoms with Gasteiger partial charge in [0.2, 0.25) is 0 Å². The highest BCUT2D eigenvalue weighted by atomic mass is 79.9. The van der Waals surface area contributed by atoms with Gasteiger partial charge in [-0.3, -0.25) is 0 Å². The van der Waals surface area contributed by atoms with Crippen LogP contribution in [-0.2, 0) is 6.42 Å². The molecule has 1 atom stereocenters. The minimum absolute atomic E-state index is 0. The number of aliphatic hydroxyl groups is 1. The highest BCUT2D eigenvalue weighted by Gasteiger charge is 2.46. The zero-order valence-corrected chi connectivity index (χ0v) is 21.6.